The molecular formula is C21H34N6O20S2. The second kappa shape index (κ2) is 12.1. The molecule has 0 aromatic heterocycles. The lowest BCUT2D eigenvalue weighted by atomic mass is 9.71. The van der Waals surface area contributed by atoms with Crippen LogP contribution in [0.25, 0.3) is 0 Å². The van der Waals surface area contributed by atoms with Crippen LogP contribution < -0.4 is 22.5 Å². The third kappa shape index (κ3) is 5.18. The van der Waals surface area contributed by atoms with Gasteiger partial charge in [0, 0.05) is 0 Å². The minimum atomic E-state index is -5.71. The van der Waals surface area contributed by atoms with Crippen molar-refractivity contribution in [2.24, 2.45) is 27.2 Å². The van der Waals surface area contributed by atoms with Gasteiger partial charge in [-0.2, -0.15) is 16.8 Å². The summed E-state index contributed by atoms with van der Waals surface area (Å²) < 4.78 is 93.1. The largest absolute Gasteiger partial charge is 0.405 e. The van der Waals surface area contributed by atoms with Gasteiger partial charge in [0.2, 0.25) is 0 Å². The molecule has 5 fully saturated rings. The smallest absolute Gasteiger partial charge is 0.394 e. The van der Waals surface area contributed by atoms with Gasteiger partial charge in [-0.1, -0.05) is 0 Å². The summed E-state index contributed by atoms with van der Waals surface area (Å²) in [5.41, 5.74) is 5.94. The highest BCUT2D eigenvalue weighted by molar-refractivity contribution is 7.82. The van der Waals surface area contributed by atoms with E-state index in [2.05, 4.69) is 23.7 Å². The molecule has 0 unspecified atom stereocenters. The number of rotatable bonds is 9. The van der Waals surface area contributed by atoms with E-state index in [9.17, 15) is 57.4 Å². The zero-order valence-electron chi connectivity index (χ0n) is 25.0. The van der Waals surface area contributed by atoms with Gasteiger partial charge < -0.3 is 77.2 Å². The van der Waals surface area contributed by atoms with Crippen LogP contribution in [0.5, 0.6) is 0 Å². The molecule has 49 heavy (non-hydrogen) atoms. The van der Waals surface area contributed by atoms with Crippen molar-refractivity contribution < 1.29 is 93.1 Å². The molecule has 15 atom stereocenters. The predicted octanol–water partition coefficient (Wildman–Crippen LogP) is -9.55. The number of ether oxygens (including phenoxy) is 4. The number of nitrogens with one attached hydrogen (secondary N) is 1. The molecule has 4 aliphatic heterocycles. The Balaban J connectivity index is 1.71. The van der Waals surface area contributed by atoms with Crippen molar-refractivity contribution in [1.29, 1.82) is 0 Å². The van der Waals surface area contributed by atoms with Crippen LogP contribution in [0.15, 0.2) is 9.98 Å². The summed E-state index contributed by atoms with van der Waals surface area (Å²) >= 11 is 0. The summed E-state index contributed by atoms with van der Waals surface area (Å²) in [7, 11) is -10.0. The van der Waals surface area contributed by atoms with Crippen LogP contribution in [0.3, 0.4) is 0 Å². The topological polar surface area (TPSA) is 416 Å². The van der Waals surface area contributed by atoms with E-state index in [1.54, 1.807) is 0 Å². The molecule has 5 rings (SSSR count). The van der Waals surface area contributed by atoms with E-state index in [4.69, 9.17) is 44.5 Å². The predicted molar refractivity (Wildman–Crippen MR) is 148 cm³/mol. The third-order valence-corrected chi connectivity index (χ3v) is 10.4. The van der Waals surface area contributed by atoms with E-state index in [0.29, 0.717) is 0 Å². The minimum absolute atomic E-state index is 0.109. The van der Waals surface area contributed by atoms with Gasteiger partial charge in [0.15, 0.2) is 30.4 Å². The maximum absolute atomic E-state index is 13.1. The zero-order chi connectivity index (χ0) is 36.8. The molecule has 0 radical (unpaired) electrons. The maximum Gasteiger partial charge on any atom is 0.405 e. The Labute approximate surface area is 275 Å². The number of aliphatic hydroxyl groups excluding tert-OH is 5. The fourth-order valence-corrected chi connectivity index (χ4v) is 8.56. The molecule has 0 amide bonds. The van der Waals surface area contributed by atoms with Crippen molar-refractivity contribution >= 4 is 39.4 Å². The molecule has 0 aromatic rings. The van der Waals surface area contributed by atoms with E-state index in [1.807, 2.05) is 0 Å². The standard InChI is InChI=1S/C21H34N6O20S2/c1-6-17(34,4-29)13(42-14-8(25-2)10(31)9(30)7(3-28)41-14)15(40-6)43-19-12(33)11(32)18(26-5-22)21(35,47-48(36,37)44-18)20(19,27-16(23)24)46-49(38,39)45-19/h4-15,25,28,30-35H,3H2,1-2H3,(H2,22,26)(H4,23,24,27)/t6-,7-,8-,9-,10-,11-,12+,13-,14-,15-,17+,18+,19+,20+,21+/m0/s1. The number of hydrogen-bond acceptors (Lipinski definition) is 23. The van der Waals surface area contributed by atoms with Crippen molar-refractivity contribution in [2.75, 3.05) is 13.7 Å². The summed E-state index contributed by atoms with van der Waals surface area (Å²) in [6, 6.07) is -1.39. The maximum atomic E-state index is 13.1. The number of carbonyl (C=O) groups excluding carboxylic acids is 1. The molecule has 26 nitrogen and oxygen atoms in total. The lowest BCUT2D eigenvalue weighted by molar-refractivity contribution is -0.446. The average molecular weight is 755 g/mol. The number of nitrogens with two attached hydrogens (primary N) is 3. The molecule has 1 aliphatic carbocycles. The molecule has 1 saturated carbocycles. The highest BCUT2D eigenvalue weighted by Gasteiger charge is 2.94. The molecule has 5 aliphatic rings. The quantitative estimate of drug-likeness (QED) is 0.0591. The number of aldehydes is 1. The summed E-state index contributed by atoms with van der Waals surface area (Å²) in [6.07, 6.45) is -19.0. The lowest BCUT2D eigenvalue weighted by Gasteiger charge is -2.55. The number of aliphatic imine (C=N–C) groups is 2. The van der Waals surface area contributed by atoms with Crippen LogP contribution in [0.1, 0.15) is 6.92 Å². The number of aliphatic hydroxyl groups is 7. The summed E-state index contributed by atoms with van der Waals surface area (Å²) in [5, 5.41) is 79.4. The fourth-order valence-electron chi connectivity index (χ4n) is 6.28. The van der Waals surface area contributed by atoms with Crippen LogP contribution in [-0.4, -0.2) is 175 Å². The van der Waals surface area contributed by atoms with E-state index in [1.165, 1.54) is 7.05 Å². The average Bonchev–Trinajstić information content (AvgIpc) is 3.48. The van der Waals surface area contributed by atoms with Crippen LogP contribution in [0.2, 0.25) is 0 Å². The normalized spacial score (nSPS) is 51.7. The molecule has 0 aromatic carbocycles. The Morgan fingerprint density at radius 3 is 2.14 bits per heavy atom. The van der Waals surface area contributed by atoms with Crippen molar-refractivity contribution in [2.45, 2.75) is 96.9 Å². The molecule has 4 saturated heterocycles. The van der Waals surface area contributed by atoms with Crippen LogP contribution in [0.4, 0.5) is 0 Å². The highest BCUT2D eigenvalue weighted by atomic mass is 32.3. The third-order valence-electron chi connectivity index (χ3n) is 8.63. The summed E-state index contributed by atoms with van der Waals surface area (Å²) in [5.74, 6) is -9.25. The monoisotopic (exact) mass is 754 g/mol. The number of likely N-dealkylation sites (N-methyl/N-ethyl adjacent to an activating group) is 1. The lowest BCUT2D eigenvalue weighted by Crippen LogP contribution is -2.86. The fraction of sp³-hybridized carbons (Fsp3) is 0.857. The number of carbonyl (C=O) groups is 1. The first-order valence-electron chi connectivity index (χ1n) is 13.8. The Morgan fingerprint density at radius 1 is 0.959 bits per heavy atom. The summed E-state index contributed by atoms with van der Waals surface area (Å²) in [4.78, 5) is 19.2. The molecule has 4 heterocycles. The van der Waals surface area contributed by atoms with Crippen LogP contribution in [0, 0.1) is 0 Å². The van der Waals surface area contributed by atoms with Gasteiger partial charge in [0.05, 0.1) is 25.1 Å². The minimum Gasteiger partial charge on any atom is -0.394 e. The van der Waals surface area contributed by atoms with E-state index < -0.39 is 123 Å². The van der Waals surface area contributed by atoms with E-state index in [0.717, 1.165) is 6.92 Å². The van der Waals surface area contributed by atoms with Crippen LogP contribution in [-0.2, 0) is 61.3 Å². The van der Waals surface area contributed by atoms with E-state index >= 15 is 0 Å². The zero-order valence-corrected chi connectivity index (χ0v) is 26.6. The SMILES string of the molecule is CN[C@@H]1[C@H](O[C@H]2[C@H](O[C@]34OS(=O)(=O)O[C@@]3(N=C(N)N)[C@]3(O)OS(=O)(=O)O[C@]3(/N=C/N)[C@@H](O)[C@H]4O)O[C@@H](C)[C@]2(O)C=O)O[C@@H](CO)[C@H](O)[C@H]1O. The van der Waals surface area contributed by atoms with Crippen molar-refractivity contribution in [1.82, 2.24) is 5.32 Å². The van der Waals surface area contributed by atoms with Crippen molar-refractivity contribution in [3.63, 3.8) is 0 Å². The molecule has 0 spiro atoms. The Kier molecular flexibility index (Phi) is 9.39. The number of fused-ring (bicyclic) bond motifs is 3. The Bertz CT molecular complexity index is 1600. The van der Waals surface area contributed by atoms with E-state index in [-0.39, 0.29) is 12.6 Å². The number of nitrogens with zero attached hydrogens (tertiary/aromatic N) is 2. The van der Waals surface area contributed by atoms with Crippen molar-refractivity contribution in [3.8, 4) is 0 Å². The molecule has 280 valence electrons. The van der Waals surface area contributed by atoms with Gasteiger partial charge in [0.1, 0.15) is 36.6 Å². The van der Waals surface area contributed by atoms with Gasteiger partial charge in [-0.05, 0) is 14.0 Å². The molecule has 14 N–H and O–H groups in total. The second-order valence-electron chi connectivity index (χ2n) is 11.4. The number of guanidine groups is 1. The first-order valence-corrected chi connectivity index (χ1v) is 16.5. The van der Waals surface area contributed by atoms with Gasteiger partial charge in [0.25, 0.3) is 23.0 Å². The molecule has 0 bridgehead atoms. The van der Waals surface area contributed by atoms with Gasteiger partial charge >= 0.3 is 20.8 Å². The second-order valence-corrected chi connectivity index (χ2v) is 13.7. The first-order chi connectivity index (χ1) is 22.6. The first kappa shape index (κ1) is 37.9. The van der Waals surface area contributed by atoms with Crippen molar-refractivity contribution in [3.05, 3.63) is 0 Å². The molecule has 28 heteroatoms. The van der Waals surface area contributed by atoms with Crippen LogP contribution >= 0.6 is 0 Å². The van der Waals surface area contributed by atoms with Gasteiger partial charge in [-0.15, -0.1) is 0 Å². The Morgan fingerprint density at radius 2 is 1.59 bits per heavy atom. The highest BCUT2D eigenvalue weighted by Crippen LogP contribution is 2.64. The summed E-state index contributed by atoms with van der Waals surface area (Å²) in [6.45, 7) is 0.198. The Hall–Kier alpha value is -2.33. The van der Waals surface area contributed by atoms with Gasteiger partial charge in [-0.25, -0.2) is 26.7 Å². The van der Waals surface area contributed by atoms with Gasteiger partial charge in [-0.3, -0.25) is 4.79 Å². The molecular weight excluding hydrogens is 720 g/mol. The number of hydrogen-bond donors (Lipinski definition) is 11.